The van der Waals surface area contributed by atoms with E-state index in [1.807, 2.05) is 0 Å². The summed E-state index contributed by atoms with van der Waals surface area (Å²) >= 11 is 0. The molecule has 0 aromatic rings. The number of esters is 3. The van der Waals surface area contributed by atoms with Crippen molar-refractivity contribution in [2.75, 3.05) is 19.8 Å². The Morgan fingerprint density at radius 3 is 1.22 bits per heavy atom. The van der Waals surface area contributed by atoms with Crippen LogP contribution in [-0.2, 0) is 33.4 Å². The summed E-state index contributed by atoms with van der Waals surface area (Å²) in [5.41, 5.74) is 0. The standard InChI is InChI=1S/C24H42O8/c1-2-3-18-30-22(27)15-11-8-5-9-13-17-24(29)32-20-19-31-23(28)16-12-7-4-6-10-14-21(25)26/h2-20H2,1H3,(H,25,26). The number of carbonyl (C=O) groups excluding carboxylic acids is 3. The summed E-state index contributed by atoms with van der Waals surface area (Å²) in [7, 11) is 0. The van der Waals surface area contributed by atoms with E-state index in [4.69, 9.17) is 19.3 Å². The maximum absolute atomic E-state index is 11.7. The molecule has 8 nitrogen and oxygen atoms in total. The lowest BCUT2D eigenvalue weighted by molar-refractivity contribution is -0.152. The minimum atomic E-state index is -0.775. The summed E-state index contributed by atoms with van der Waals surface area (Å²) in [5, 5.41) is 8.54. The lowest BCUT2D eigenvalue weighted by Gasteiger charge is -2.07. The van der Waals surface area contributed by atoms with Gasteiger partial charge < -0.3 is 19.3 Å². The van der Waals surface area contributed by atoms with E-state index in [0.717, 1.165) is 64.2 Å². The average Bonchev–Trinajstić information content (AvgIpc) is 2.75. The third-order valence-electron chi connectivity index (χ3n) is 4.90. The van der Waals surface area contributed by atoms with Crippen LogP contribution in [0.2, 0.25) is 0 Å². The van der Waals surface area contributed by atoms with Crippen molar-refractivity contribution in [2.45, 2.75) is 110 Å². The van der Waals surface area contributed by atoms with Crippen LogP contribution in [0.25, 0.3) is 0 Å². The van der Waals surface area contributed by atoms with Crippen molar-refractivity contribution in [3.05, 3.63) is 0 Å². The van der Waals surface area contributed by atoms with Crippen LogP contribution in [0, 0.1) is 0 Å². The van der Waals surface area contributed by atoms with Crippen molar-refractivity contribution in [3.63, 3.8) is 0 Å². The second-order valence-electron chi connectivity index (χ2n) is 7.94. The molecule has 0 aliphatic rings. The van der Waals surface area contributed by atoms with Crippen molar-refractivity contribution in [2.24, 2.45) is 0 Å². The smallest absolute Gasteiger partial charge is 0.305 e. The zero-order valence-electron chi connectivity index (χ0n) is 19.7. The highest BCUT2D eigenvalue weighted by Gasteiger charge is 2.06. The largest absolute Gasteiger partial charge is 0.481 e. The van der Waals surface area contributed by atoms with Crippen LogP contribution >= 0.6 is 0 Å². The first kappa shape index (κ1) is 29.9. The molecule has 0 saturated heterocycles. The van der Waals surface area contributed by atoms with Gasteiger partial charge in [-0.3, -0.25) is 19.2 Å². The monoisotopic (exact) mass is 458 g/mol. The van der Waals surface area contributed by atoms with Crippen molar-refractivity contribution >= 4 is 23.9 Å². The number of hydrogen-bond donors (Lipinski definition) is 1. The molecule has 0 rings (SSSR count). The lowest BCUT2D eigenvalue weighted by Crippen LogP contribution is -2.13. The molecular weight excluding hydrogens is 416 g/mol. The minimum Gasteiger partial charge on any atom is -0.481 e. The summed E-state index contributed by atoms with van der Waals surface area (Å²) in [4.78, 5) is 45.1. The van der Waals surface area contributed by atoms with Gasteiger partial charge in [0.25, 0.3) is 0 Å². The van der Waals surface area contributed by atoms with E-state index in [2.05, 4.69) is 6.92 Å². The van der Waals surface area contributed by atoms with Gasteiger partial charge in [-0.2, -0.15) is 0 Å². The normalized spacial score (nSPS) is 10.5. The summed E-state index contributed by atoms with van der Waals surface area (Å²) in [6, 6.07) is 0. The van der Waals surface area contributed by atoms with Gasteiger partial charge in [-0.05, 0) is 32.1 Å². The van der Waals surface area contributed by atoms with Gasteiger partial charge in [-0.1, -0.05) is 51.9 Å². The highest BCUT2D eigenvalue weighted by molar-refractivity contribution is 5.70. The number of carboxylic acid groups (broad SMARTS) is 1. The molecule has 0 spiro atoms. The molecule has 0 atom stereocenters. The van der Waals surface area contributed by atoms with E-state index < -0.39 is 5.97 Å². The Balaban J connectivity index is 3.39. The number of carbonyl (C=O) groups is 4. The summed E-state index contributed by atoms with van der Waals surface area (Å²) in [6.45, 7) is 2.70. The molecule has 0 radical (unpaired) electrons. The molecule has 0 saturated carbocycles. The lowest BCUT2D eigenvalue weighted by atomic mass is 10.1. The number of ether oxygens (including phenoxy) is 3. The van der Waals surface area contributed by atoms with Crippen LogP contribution in [0.15, 0.2) is 0 Å². The Morgan fingerprint density at radius 1 is 0.500 bits per heavy atom. The molecule has 0 aliphatic heterocycles. The van der Waals surface area contributed by atoms with Gasteiger partial charge >= 0.3 is 23.9 Å². The van der Waals surface area contributed by atoms with E-state index in [9.17, 15) is 19.2 Å². The number of hydrogen-bond acceptors (Lipinski definition) is 7. The van der Waals surface area contributed by atoms with Gasteiger partial charge in [0.05, 0.1) is 6.61 Å². The molecule has 186 valence electrons. The van der Waals surface area contributed by atoms with Crippen LogP contribution in [0.1, 0.15) is 110 Å². The van der Waals surface area contributed by atoms with E-state index in [0.29, 0.717) is 38.7 Å². The first-order chi connectivity index (χ1) is 15.5. The van der Waals surface area contributed by atoms with Crippen molar-refractivity contribution in [3.8, 4) is 0 Å². The molecule has 0 fully saturated rings. The van der Waals surface area contributed by atoms with Gasteiger partial charge in [-0.15, -0.1) is 0 Å². The SMILES string of the molecule is CCCCOC(=O)CCCCCCCC(=O)OCCOC(=O)CCCCCCCC(=O)O. The average molecular weight is 459 g/mol. The maximum Gasteiger partial charge on any atom is 0.305 e. The van der Waals surface area contributed by atoms with Crippen LogP contribution < -0.4 is 0 Å². The third-order valence-corrected chi connectivity index (χ3v) is 4.90. The number of carboxylic acids is 1. The van der Waals surface area contributed by atoms with E-state index >= 15 is 0 Å². The fraction of sp³-hybridized carbons (Fsp3) is 0.833. The second-order valence-corrected chi connectivity index (χ2v) is 7.94. The van der Waals surface area contributed by atoms with Crippen LogP contribution in [0.3, 0.4) is 0 Å². The molecule has 8 heteroatoms. The summed E-state index contributed by atoms with van der Waals surface area (Å²) in [6.07, 6.45) is 11.6. The Kier molecular flexibility index (Phi) is 20.6. The molecular formula is C24H42O8. The summed E-state index contributed by atoms with van der Waals surface area (Å²) < 4.78 is 15.2. The zero-order chi connectivity index (χ0) is 23.9. The Bertz CT molecular complexity index is 518. The van der Waals surface area contributed by atoms with Gasteiger partial charge in [0.2, 0.25) is 0 Å². The maximum atomic E-state index is 11.7. The van der Waals surface area contributed by atoms with Gasteiger partial charge in [-0.25, -0.2) is 0 Å². The van der Waals surface area contributed by atoms with Gasteiger partial charge in [0, 0.05) is 25.7 Å². The minimum absolute atomic E-state index is 0.0670. The number of aliphatic carboxylic acids is 1. The Morgan fingerprint density at radius 2 is 0.844 bits per heavy atom. The fourth-order valence-corrected chi connectivity index (χ4v) is 3.00. The number of rotatable bonds is 22. The van der Waals surface area contributed by atoms with Crippen LogP contribution in [0.5, 0.6) is 0 Å². The topological polar surface area (TPSA) is 116 Å². The second kappa shape index (κ2) is 22.1. The van der Waals surface area contributed by atoms with Gasteiger partial charge in [0.1, 0.15) is 13.2 Å². The van der Waals surface area contributed by atoms with Crippen LogP contribution in [0.4, 0.5) is 0 Å². The molecule has 0 aliphatic carbocycles. The molecule has 0 amide bonds. The van der Waals surface area contributed by atoms with Crippen molar-refractivity contribution in [1.29, 1.82) is 0 Å². The first-order valence-electron chi connectivity index (χ1n) is 12.1. The fourth-order valence-electron chi connectivity index (χ4n) is 3.00. The molecule has 0 aromatic carbocycles. The Labute approximate surface area is 192 Å². The highest BCUT2D eigenvalue weighted by Crippen LogP contribution is 2.09. The van der Waals surface area contributed by atoms with E-state index in [1.165, 1.54) is 0 Å². The predicted octanol–water partition coefficient (Wildman–Crippen LogP) is 4.96. The number of unbranched alkanes of at least 4 members (excludes halogenated alkanes) is 9. The Hall–Kier alpha value is -2.12. The molecule has 0 unspecified atom stereocenters. The predicted molar refractivity (Wildman–Crippen MR) is 120 cm³/mol. The van der Waals surface area contributed by atoms with E-state index in [-0.39, 0.29) is 37.5 Å². The zero-order valence-corrected chi connectivity index (χ0v) is 19.7. The molecule has 0 heterocycles. The first-order valence-corrected chi connectivity index (χ1v) is 12.1. The molecule has 0 bridgehead atoms. The third kappa shape index (κ3) is 22.6. The van der Waals surface area contributed by atoms with Crippen molar-refractivity contribution < 1.29 is 38.5 Å². The highest BCUT2D eigenvalue weighted by atomic mass is 16.6. The van der Waals surface area contributed by atoms with Gasteiger partial charge in [0.15, 0.2) is 0 Å². The molecule has 1 N–H and O–H groups in total. The van der Waals surface area contributed by atoms with Crippen LogP contribution in [-0.4, -0.2) is 48.8 Å². The summed E-state index contributed by atoms with van der Waals surface area (Å²) in [5.74, 6) is -1.50. The van der Waals surface area contributed by atoms with Crippen molar-refractivity contribution in [1.82, 2.24) is 0 Å². The quantitative estimate of drug-likeness (QED) is 0.137. The molecule has 32 heavy (non-hydrogen) atoms. The van der Waals surface area contributed by atoms with E-state index in [1.54, 1.807) is 0 Å². The molecule has 0 aromatic heterocycles.